The molecule has 0 aliphatic carbocycles. The number of ether oxygens (including phenoxy) is 2. The topological polar surface area (TPSA) is 86.5 Å². The summed E-state index contributed by atoms with van der Waals surface area (Å²) in [6.45, 7) is 4.48. The van der Waals surface area contributed by atoms with Gasteiger partial charge in [-0.2, -0.15) is 0 Å². The van der Waals surface area contributed by atoms with Crippen molar-refractivity contribution in [1.82, 2.24) is 10.2 Å². The number of fused-ring (bicyclic) bond motifs is 1. The summed E-state index contributed by atoms with van der Waals surface area (Å²) in [6, 6.07) is 13.3. The molecular formula is C21H19N3O4S. The molecule has 1 aromatic heterocycles. The number of carbonyl (C=O) groups excluding carboxylic acids is 1. The third-order valence-corrected chi connectivity index (χ3v) is 4.93. The molecule has 1 N–H and O–H groups in total. The minimum absolute atomic E-state index is 0.0438. The third kappa shape index (κ3) is 4.78. The van der Waals surface area contributed by atoms with Gasteiger partial charge in [-0.25, -0.2) is 0 Å². The van der Waals surface area contributed by atoms with Gasteiger partial charge in [-0.3, -0.25) is 10.1 Å². The Morgan fingerprint density at radius 1 is 1.14 bits per heavy atom. The molecule has 0 fully saturated rings. The minimum Gasteiger partial charge on any atom is -0.454 e. The zero-order valence-corrected chi connectivity index (χ0v) is 16.7. The van der Waals surface area contributed by atoms with E-state index in [2.05, 4.69) is 29.4 Å². The van der Waals surface area contributed by atoms with Gasteiger partial charge >= 0.3 is 6.01 Å². The van der Waals surface area contributed by atoms with Crippen LogP contribution >= 0.6 is 11.8 Å². The number of carbonyl (C=O) groups is 1. The van der Waals surface area contributed by atoms with Crippen molar-refractivity contribution in [3.63, 3.8) is 0 Å². The average molecular weight is 409 g/mol. The normalized spacial score (nSPS) is 12.7. The van der Waals surface area contributed by atoms with E-state index in [1.54, 1.807) is 30.0 Å². The number of amides is 1. The fourth-order valence-electron chi connectivity index (χ4n) is 2.70. The quantitative estimate of drug-likeness (QED) is 0.470. The molecular weight excluding hydrogens is 390 g/mol. The first-order valence-corrected chi connectivity index (χ1v) is 9.94. The minimum atomic E-state index is -0.373. The van der Waals surface area contributed by atoms with E-state index < -0.39 is 0 Å². The van der Waals surface area contributed by atoms with Gasteiger partial charge in [0.25, 0.3) is 5.91 Å². The summed E-state index contributed by atoms with van der Waals surface area (Å²) in [5.41, 5.74) is 1.62. The fraction of sp³-hybridized carbons (Fsp3) is 0.190. The summed E-state index contributed by atoms with van der Waals surface area (Å²) >= 11 is 1.75. The first-order chi connectivity index (χ1) is 14.1. The molecule has 8 heteroatoms. The maximum atomic E-state index is 12.2. The van der Waals surface area contributed by atoms with Crippen LogP contribution in [-0.4, -0.2) is 28.1 Å². The number of nitrogens with one attached hydrogen (secondary N) is 1. The maximum Gasteiger partial charge on any atom is 0.322 e. The van der Waals surface area contributed by atoms with Crippen LogP contribution in [0.4, 0.5) is 6.01 Å². The molecule has 1 aliphatic heterocycles. The number of aromatic nitrogens is 2. The van der Waals surface area contributed by atoms with Crippen LogP contribution in [0.3, 0.4) is 0 Å². The van der Waals surface area contributed by atoms with Gasteiger partial charge in [-0.05, 0) is 42.0 Å². The lowest BCUT2D eigenvalue weighted by Gasteiger charge is -2.05. The highest BCUT2D eigenvalue weighted by atomic mass is 32.2. The van der Waals surface area contributed by atoms with Crippen molar-refractivity contribution >= 4 is 29.8 Å². The standard InChI is InChI=1S/C21H19N3O4S/c1-13(2)29-16-5-3-4-15(11-16)20-23-24-21(28-20)22-19(25)9-7-14-6-8-17-18(10-14)27-12-26-17/h3-11,13H,12H2,1-2H3,(H,22,24,25)/b9-7+. The van der Waals surface area contributed by atoms with E-state index in [0.717, 1.165) is 16.0 Å². The Morgan fingerprint density at radius 2 is 2.00 bits per heavy atom. The first kappa shape index (κ1) is 19.1. The van der Waals surface area contributed by atoms with Crippen molar-refractivity contribution in [1.29, 1.82) is 0 Å². The molecule has 7 nitrogen and oxygen atoms in total. The number of nitrogens with zero attached hydrogens (tertiary/aromatic N) is 2. The third-order valence-electron chi connectivity index (χ3n) is 3.93. The molecule has 1 aliphatic rings. The molecule has 0 saturated heterocycles. The van der Waals surface area contributed by atoms with E-state index in [0.29, 0.717) is 22.6 Å². The summed E-state index contributed by atoms with van der Waals surface area (Å²) in [7, 11) is 0. The molecule has 29 heavy (non-hydrogen) atoms. The lowest BCUT2D eigenvalue weighted by Crippen LogP contribution is -2.07. The predicted molar refractivity (Wildman–Crippen MR) is 111 cm³/mol. The lowest BCUT2D eigenvalue weighted by atomic mass is 10.2. The van der Waals surface area contributed by atoms with Crippen LogP contribution in [0.15, 0.2) is 57.9 Å². The molecule has 1 amide bonds. The second-order valence-corrected chi connectivity index (χ2v) is 8.19. The average Bonchev–Trinajstić information content (AvgIpc) is 3.35. The van der Waals surface area contributed by atoms with Gasteiger partial charge < -0.3 is 13.9 Å². The van der Waals surface area contributed by atoms with Crippen LogP contribution in [0.2, 0.25) is 0 Å². The summed E-state index contributed by atoms with van der Waals surface area (Å²) in [4.78, 5) is 13.3. The van der Waals surface area contributed by atoms with Crippen LogP contribution in [0.5, 0.6) is 11.5 Å². The molecule has 2 aromatic carbocycles. The molecule has 3 aromatic rings. The van der Waals surface area contributed by atoms with Gasteiger partial charge in [0.05, 0.1) is 0 Å². The van der Waals surface area contributed by atoms with Crippen molar-refractivity contribution in [2.75, 3.05) is 12.1 Å². The van der Waals surface area contributed by atoms with Crippen molar-refractivity contribution in [2.24, 2.45) is 0 Å². The molecule has 0 unspecified atom stereocenters. The summed E-state index contributed by atoms with van der Waals surface area (Å²) in [6.07, 6.45) is 3.06. The van der Waals surface area contributed by atoms with E-state index in [4.69, 9.17) is 13.9 Å². The van der Waals surface area contributed by atoms with E-state index >= 15 is 0 Å². The number of thioether (sulfide) groups is 1. The van der Waals surface area contributed by atoms with E-state index in [9.17, 15) is 4.79 Å². The van der Waals surface area contributed by atoms with Gasteiger partial charge in [0.15, 0.2) is 11.5 Å². The SMILES string of the molecule is CC(C)Sc1cccc(-c2nnc(NC(=O)/C=C/c3ccc4c(c3)OCO4)o2)c1. The van der Waals surface area contributed by atoms with Crippen molar-refractivity contribution in [2.45, 2.75) is 24.0 Å². The summed E-state index contributed by atoms with van der Waals surface area (Å²) in [5, 5.41) is 11.0. The molecule has 0 saturated carbocycles. The molecule has 2 heterocycles. The van der Waals surface area contributed by atoms with Gasteiger partial charge in [0, 0.05) is 21.8 Å². The Labute approximate surface area is 172 Å². The number of rotatable bonds is 6. The van der Waals surface area contributed by atoms with Gasteiger partial charge in [0.1, 0.15) is 0 Å². The van der Waals surface area contributed by atoms with Gasteiger partial charge in [0.2, 0.25) is 12.7 Å². The van der Waals surface area contributed by atoms with Crippen LogP contribution in [0.25, 0.3) is 17.5 Å². The van der Waals surface area contributed by atoms with E-state index in [1.807, 2.05) is 30.3 Å². The second-order valence-electron chi connectivity index (χ2n) is 6.54. The Morgan fingerprint density at radius 3 is 2.86 bits per heavy atom. The largest absolute Gasteiger partial charge is 0.454 e. The maximum absolute atomic E-state index is 12.2. The van der Waals surface area contributed by atoms with Gasteiger partial charge in [-0.15, -0.1) is 16.9 Å². The Kier molecular flexibility index (Phi) is 5.53. The van der Waals surface area contributed by atoms with Crippen molar-refractivity contribution in [3.05, 3.63) is 54.1 Å². The predicted octanol–water partition coefficient (Wildman–Crippen LogP) is 4.62. The van der Waals surface area contributed by atoms with Crippen LogP contribution in [0, 0.1) is 0 Å². The molecule has 4 rings (SSSR count). The monoisotopic (exact) mass is 409 g/mol. The first-order valence-electron chi connectivity index (χ1n) is 9.06. The molecule has 0 atom stereocenters. The zero-order valence-electron chi connectivity index (χ0n) is 15.9. The van der Waals surface area contributed by atoms with Crippen LogP contribution in [0.1, 0.15) is 19.4 Å². The zero-order chi connectivity index (χ0) is 20.2. The molecule has 0 spiro atoms. The van der Waals surface area contributed by atoms with Crippen LogP contribution < -0.4 is 14.8 Å². The van der Waals surface area contributed by atoms with Crippen LogP contribution in [-0.2, 0) is 4.79 Å². The van der Waals surface area contributed by atoms with Crippen molar-refractivity contribution in [3.8, 4) is 23.0 Å². The highest BCUT2D eigenvalue weighted by molar-refractivity contribution is 7.99. The number of hydrogen-bond acceptors (Lipinski definition) is 7. The van der Waals surface area contributed by atoms with Crippen molar-refractivity contribution < 1.29 is 18.7 Å². The van der Waals surface area contributed by atoms with E-state index in [1.165, 1.54) is 6.08 Å². The molecule has 0 bridgehead atoms. The Balaban J connectivity index is 1.40. The number of benzene rings is 2. The highest BCUT2D eigenvalue weighted by Crippen LogP contribution is 2.33. The summed E-state index contributed by atoms with van der Waals surface area (Å²) < 4.78 is 16.2. The van der Waals surface area contributed by atoms with Gasteiger partial charge in [-0.1, -0.05) is 31.1 Å². The lowest BCUT2D eigenvalue weighted by molar-refractivity contribution is -0.112. The Bertz CT molecular complexity index is 1060. The smallest absolute Gasteiger partial charge is 0.322 e. The number of anilines is 1. The molecule has 148 valence electrons. The number of hydrogen-bond donors (Lipinski definition) is 1. The molecule has 0 radical (unpaired) electrons. The second kappa shape index (κ2) is 8.40. The summed E-state index contributed by atoms with van der Waals surface area (Å²) in [5.74, 6) is 1.33. The highest BCUT2D eigenvalue weighted by Gasteiger charge is 2.13. The Hall–Kier alpha value is -3.26. The fourth-order valence-corrected chi connectivity index (χ4v) is 3.60. The van der Waals surface area contributed by atoms with E-state index in [-0.39, 0.29) is 18.7 Å².